The molecule has 0 aromatic rings. The number of carboxylic acids is 1. The molecule has 0 saturated carbocycles. The molecule has 0 spiro atoms. The molecule has 1 fully saturated rings. The molecular formula is C12H23N3O4. The van der Waals surface area contributed by atoms with Crippen molar-refractivity contribution in [3.63, 3.8) is 0 Å². The maximum absolute atomic E-state index is 11.9. The zero-order valence-electron chi connectivity index (χ0n) is 11.8. The van der Waals surface area contributed by atoms with E-state index in [1.165, 1.54) is 0 Å². The number of amides is 2. The van der Waals surface area contributed by atoms with E-state index in [2.05, 4.69) is 31.1 Å². The Hall–Kier alpha value is -1.34. The topological polar surface area (TPSA) is 82.1 Å². The molecule has 1 aliphatic heterocycles. The number of nitrogens with zero attached hydrogens (tertiary/aromatic N) is 2. The molecule has 0 aliphatic carbocycles. The van der Waals surface area contributed by atoms with Crippen LogP contribution in [0, 0.1) is 0 Å². The van der Waals surface area contributed by atoms with Crippen molar-refractivity contribution in [2.75, 3.05) is 39.9 Å². The van der Waals surface area contributed by atoms with Crippen LogP contribution in [0.3, 0.4) is 0 Å². The van der Waals surface area contributed by atoms with Gasteiger partial charge in [-0.25, -0.2) is 9.59 Å². The first-order chi connectivity index (χ1) is 8.91. The number of hydrogen-bond donors (Lipinski definition) is 2. The molecule has 110 valence electrons. The van der Waals surface area contributed by atoms with E-state index in [1.54, 1.807) is 4.90 Å². The van der Waals surface area contributed by atoms with E-state index in [9.17, 15) is 9.59 Å². The molecular weight excluding hydrogens is 250 g/mol. The first kappa shape index (κ1) is 15.7. The van der Waals surface area contributed by atoms with Gasteiger partial charge >= 0.3 is 12.0 Å². The molecule has 1 aliphatic rings. The van der Waals surface area contributed by atoms with Gasteiger partial charge in [0.25, 0.3) is 0 Å². The monoisotopic (exact) mass is 273 g/mol. The average molecular weight is 273 g/mol. The van der Waals surface area contributed by atoms with Crippen LogP contribution in [0.4, 0.5) is 4.79 Å². The van der Waals surface area contributed by atoms with Crippen molar-refractivity contribution in [1.82, 2.24) is 15.1 Å². The van der Waals surface area contributed by atoms with Crippen LogP contribution in [0.2, 0.25) is 0 Å². The highest BCUT2D eigenvalue weighted by Crippen LogP contribution is 2.12. The zero-order chi connectivity index (χ0) is 14.4. The lowest BCUT2D eigenvalue weighted by Crippen LogP contribution is -2.58. The molecule has 1 rings (SSSR count). The largest absolute Gasteiger partial charge is 0.480 e. The smallest absolute Gasteiger partial charge is 0.329 e. The predicted octanol–water partition coefficient (Wildman–Crippen LogP) is -0.178. The molecule has 7 heteroatoms. The molecule has 2 unspecified atom stereocenters. The summed E-state index contributed by atoms with van der Waals surface area (Å²) in [4.78, 5) is 26.2. The van der Waals surface area contributed by atoms with Gasteiger partial charge in [-0.05, 0) is 20.9 Å². The Morgan fingerprint density at radius 2 is 1.89 bits per heavy atom. The number of piperazine rings is 1. The van der Waals surface area contributed by atoms with Gasteiger partial charge < -0.3 is 20.1 Å². The van der Waals surface area contributed by atoms with E-state index >= 15 is 0 Å². The Kier molecular flexibility index (Phi) is 6.04. The van der Waals surface area contributed by atoms with Gasteiger partial charge in [-0.1, -0.05) is 0 Å². The van der Waals surface area contributed by atoms with Crippen LogP contribution < -0.4 is 5.32 Å². The van der Waals surface area contributed by atoms with Crippen LogP contribution in [0.5, 0.6) is 0 Å². The van der Waals surface area contributed by atoms with Gasteiger partial charge in [0.1, 0.15) is 6.61 Å². The fourth-order valence-corrected chi connectivity index (χ4v) is 2.07. The Bertz CT molecular complexity index is 312. The number of nitrogens with one attached hydrogen (secondary N) is 1. The van der Waals surface area contributed by atoms with Crippen LogP contribution in [-0.2, 0) is 9.53 Å². The summed E-state index contributed by atoms with van der Waals surface area (Å²) in [6.45, 7) is 5.76. The van der Waals surface area contributed by atoms with Gasteiger partial charge in [0, 0.05) is 31.7 Å². The Balaban J connectivity index is 2.24. The number of carboxylic acid groups (broad SMARTS) is 1. The maximum Gasteiger partial charge on any atom is 0.329 e. The third kappa shape index (κ3) is 5.04. The third-order valence-corrected chi connectivity index (χ3v) is 3.40. The summed E-state index contributed by atoms with van der Waals surface area (Å²) >= 11 is 0. The number of carbonyl (C=O) groups excluding carboxylic acids is 1. The van der Waals surface area contributed by atoms with E-state index in [0.717, 1.165) is 0 Å². The zero-order valence-corrected chi connectivity index (χ0v) is 11.8. The first-order valence-electron chi connectivity index (χ1n) is 6.46. The molecule has 2 atom stereocenters. The highest BCUT2D eigenvalue weighted by molar-refractivity contribution is 5.74. The predicted molar refractivity (Wildman–Crippen MR) is 70.1 cm³/mol. The number of likely N-dealkylation sites (N-methyl/N-ethyl adjacent to an activating group) is 1. The summed E-state index contributed by atoms with van der Waals surface area (Å²) in [5, 5.41) is 11.1. The molecule has 2 N–H and O–H groups in total. The Morgan fingerprint density at radius 1 is 1.32 bits per heavy atom. The van der Waals surface area contributed by atoms with Crippen molar-refractivity contribution in [3.8, 4) is 0 Å². The summed E-state index contributed by atoms with van der Waals surface area (Å²) in [7, 11) is 2.06. The minimum absolute atomic E-state index is 0.120. The standard InChI is InChI=1S/C12H23N3O4/c1-9-6-15(7-10(2)14(9)3)12(18)13-4-5-19-8-11(16)17/h9-10H,4-8H2,1-3H3,(H,13,18)(H,16,17). The second kappa shape index (κ2) is 7.30. The summed E-state index contributed by atoms with van der Waals surface area (Å²) < 4.78 is 4.85. The van der Waals surface area contributed by atoms with Crippen molar-refractivity contribution in [2.45, 2.75) is 25.9 Å². The fourth-order valence-electron chi connectivity index (χ4n) is 2.07. The van der Waals surface area contributed by atoms with Gasteiger partial charge in [0.15, 0.2) is 0 Å². The van der Waals surface area contributed by atoms with Crippen molar-refractivity contribution >= 4 is 12.0 Å². The second-order valence-corrected chi connectivity index (χ2v) is 4.95. The number of carbonyl (C=O) groups is 2. The lowest BCUT2D eigenvalue weighted by atomic mass is 10.1. The van der Waals surface area contributed by atoms with Crippen LogP contribution in [-0.4, -0.2) is 78.9 Å². The van der Waals surface area contributed by atoms with E-state index in [-0.39, 0.29) is 19.2 Å². The number of aliphatic carboxylic acids is 1. The van der Waals surface area contributed by atoms with Crippen molar-refractivity contribution in [2.24, 2.45) is 0 Å². The van der Waals surface area contributed by atoms with Gasteiger partial charge in [-0.2, -0.15) is 0 Å². The SMILES string of the molecule is CC1CN(C(=O)NCCOCC(=O)O)CC(C)N1C. The van der Waals surface area contributed by atoms with Crippen LogP contribution in [0.15, 0.2) is 0 Å². The molecule has 2 amide bonds. The number of rotatable bonds is 5. The van der Waals surface area contributed by atoms with E-state index < -0.39 is 5.97 Å². The molecule has 19 heavy (non-hydrogen) atoms. The lowest BCUT2D eigenvalue weighted by molar-refractivity contribution is -0.142. The van der Waals surface area contributed by atoms with E-state index in [0.29, 0.717) is 31.7 Å². The average Bonchev–Trinajstić information content (AvgIpc) is 2.34. The molecule has 7 nitrogen and oxygen atoms in total. The van der Waals surface area contributed by atoms with Crippen LogP contribution >= 0.6 is 0 Å². The molecule has 0 aromatic carbocycles. The van der Waals surface area contributed by atoms with Crippen LogP contribution in [0.1, 0.15) is 13.8 Å². The summed E-state index contributed by atoms with van der Waals surface area (Å²) in [6.07, 6.45) is 0. The fraction of sp³-hybridized carbons (Fsp3) is 0.833. The van der Waals surface area contributed by atoms with Crippen LogP contribution in [0.25, 0.3) is 0 Å². The van der Waals surface area contributed by atoms with Gasteiger partial charge in [-0.15, -0.1) is 0 Å². The van der Waals surface area contributed by atoms with Gasteiger partial charge in [0.2, 0.25) is 0 Å². The number of urea groups is 1. The lowest BCUT2D eigenvalue weighted by Gasteiger charge is -2.42. The summed E-state index contributed by atoms with van der Waals surface area (Å²) in [6, 6.07) is 0.543. The Labute approximate surface area is 113 Å². The Morgan fingerprint density at radius 3 is 2.42 bits per heavy atom. The molecule has 0 aromatic heterocycles. The highest BCUT2D eigenvalue weighted by atomic mass is 16.5. The van der Waals surface area contributed by atoms with Gasteiger partial charge in [0.05, 0.1) is 6.61 Å². The first-order valence-corrected chi connectivity index (χ1v) is 6.46. The normalized spacial score (nSPS) is 24.3. The van der Waals surface area contributed by atoms with Crippen molar-refractivity contribution < 1.29 is 19.4 Å². The number of hydrogen-bond acceptors (Lipinski definition) is 4. The second-order valence-electron chi connectivity index (χ2n) is 4.95. The van der Waals surface area contributed by atoms with E-state index in [4.69, 9.17) is 9.84 Å². The molecule has 1 heterocycles. The molecule has 0 radical (unpaired) electrons. The third-order valence-electron chi connectivity index (χ3n) is 3.40. The molecule has 1 saturated heterocycles. The number of ether oxygens (including phenoxy) is 1. The minimum atomic E-state index is -1.01. The minimum Gasteiger partial charge on any atom is -0.480 e. The maximum atomic E-state index is 11.9. The van der Waals surface area contributed by atoms with Crippen molar-refractivity contribution in [1.29, 1.82) is 0 Å². The highest BCUT2D eigenvalue weighted by Gasteiger charge is 2.28. The van der Waals surface area contributed by atoms with Gasteiger partial charge in [-0.3, -0.25) is 4.90 Å². The van der Waals surface area contributed by atoms with Crippen molar-refractivity contribution in [3.05, 3.63) is 0 Å². The van der Waals surface area contributed by atoms with E-state index in [1.807, 2.05) is 0 Å². The summed E-state index contributed by atoms with van der Waals surface area (Å²) in [5.41, 5.74) is 0. The molecule has 0 bridgehead atoms. The summed E-state index contributed by atoms with van der Waals surface area (Å²) in [5.74, 6) is -1.01. The quantitative estimate of drug-likeness (QED) is 0.679.